The van der Waals surface area contributed by atoms with Crippen LogP contribution >= 0.6 is 0 Å². The molecule has 4 nitrogen and oxygen atoms in total. The molecule has 0 saturated carbocycles. The highest BCUT2D eigenvalue weighted by molar-refractivity contribution is 5.93. The van der Waals surface area contributed by atoms with Gasteiger partial charge in [0.05, 0.1) is 11.1 Å². The first-order chi connectivity index (χ1) is 6.66. The molecule has 3 N–H and O–H groups in total. The summed E-state index contributed by atoms with van der Waals surface area (Å²) in [5, 5.41) is 9.50. The minimum atomic E-state index is -0.976. The second-order valence-corrected chi connectivity index (χ2v) is 2.86. The molecule has 0 bridgehead atoms. The van der Waals surface area contributed by atoms with Gasteiger partial charge in [0.1, 0.15) is 5.82 Å². The smallest absolute Gasteiger partial charge is 0.335 e. The van der Waals surface area contributed by atoms with Crippen LogP contribution in [0.1, 0.15) is 10.4 Å². The number of carboxylic acid groups (broad SMARTS) is 1. The Morgan fingerprint density at radius 3 is 3.00 bits per heavy atom. The third-order valence-electron chi connectivity index (χ3n) is 1.87. The normalized spacial score (nSPS) is 10.3. The average molecular weight is 187 g/mol. The Hall–Kier alpha value is -2.10. The fourth-order valence-electron chi connectivity index (χ4n) is 1.20. The molecular weight excluding hydrogens is 180 g/mol. The van der Waals surface area contributed by atoms with Gasteiger partial charge in [-0.05, 0) is 24.3 Å². The standard InChI is InChI=1S/C10H7N2O2/c11-9-4-3-6-1-2-7(10(13)14)5-8(6)12-9/h1-2,4-5H,(H2,11,12)(H,13,14). The second kappa shape index (κ2) is 2.99. The van der Waals surface area contributed by atoms with Crippen LogP contribution in [0.2, 0.25) is 0 Å². The zero-order valence-corrected chi connectivity index (χ0v) is 7.19. The molecular formula is C10H7N2O2. The van der Waals surface area contributed by atoms with Gasteiger partial charge in [-0.25, -0.2) is 9.78 Å². The van der Waals surface area contributed by atoms with Crippen LogP contribution in [0.3, 0.4) is 0 Å². The maximum atomic E-state index is 10.7. The molecule has 0 aliphatic carbocycles. The first kappa shape index (κ1) is 8.50. The number of anilines is 1. The number of fused-ring (bicyclic) bond motifs is 1. The molecule has 0 aliphatic heterocycles. The van der Waals surface area contributed by atoms with Gasteiger partial charge >= 0.3 is 5.97 Å². The van der Waals surface area contributed by atoms with Crippen molar-refractivity contribution in [2.24, 2.45) is 0 Å². The molecule has 69 valence electrons. The van der Waals surface area contributed by atoms with Gasteiger partial charge in [-0.2, -0.15) is 0 Å². The number of aromatic nitrogens is 1. The van der Waals surface area contributed by atoms with E-state index >= 15 is 0 Å². The molecule has 1 radical (unpaired) electrons. The summed E-state index contributed by atoms with van der Waals surface area (Å²) in [6.07, 6.45) is 0. The van der Waals surface area contributed by atoms with E-state index in [9.17, 15) is 4.79 Å². The Morgan fingerprint density at radius 2 is 2.29 bits per heavy atom. The predicted octanol–water partition coefficient (Wildman–Crippen LogP) is 1.32. The zero-order chi connectivity index (χ0) is 10.1. The first-order valence-electron chi connectivity index (χ1n) is 3.98. The van der Waals surface area contributed by atoms with E-state index in [0.29, 0.717) is 11.3 Å². The summed E-state index contributed by atoms with van der Waals surface area (Å²) in [5.74, 6) is -0.642. The summed E-state index contributed by atoms with van der Waals surface area (Å²) in [6.45, 7) is 0. The highest BCUT2D eigenvalue weighted by Gasteiger charge is 2.04. The number of hydrogen-bond donors (Lipinski definition) is 2. The van der Waals surface area contributed by atoms with Crippen molar-refractivity contribution >= 4 is 22.7 Å². The summed E-state index contributed by atoms with van der Waals surface area (Å²) >= 11 is 0. The molecule has 1 heterocycles. The van der Waals surface area contributed by atoms with Crippen molar-refractivity contribution in [3.05, 3.63) is 35.9 Å². The molecule has 4 heteroatoms. The van der Waals surface area contributed by atoms with Gasteiger partial charge in [-0.15, -0.1) is 0 Å². The lowest BCUT2D eigenvalue weighted by Gasteiger charge is -1.99. The van der Waals surface area contributed by atoms with E-state index in [0.717, 1.165) is 5.39 Å². The van der Waals surface area contributed by atoms with Crippen LogP contribution in [0.15, 0.2) is 24.3 Å². The molecule has 0 unspecified atom stereocenters. The number of hydrogen-bond acceptors (Lipinski definition) is 3. The van der Waals surface area contributed by atoms with E-state index in [2.05, 4.69) is 11.1 Å². The van der Waals surface area contributed by atoms with Crippen LogP contribution in [-0.2, 0) is 0 Å². The maximum absolute atomic E-state index is 10.7. The van der Waals surface area contributed by atoms with Crippen LogP contribution in [-0.4, -0.2) is 16.1 Å². The summed E-state index contributed by atoms with van der Waals surface area (Å²) < 4.78 is 0. The largest absolute Gasteiger partial charge is 0.478 e. The predicted molar refractivity (Wildman–Crippen MR) is 52.0 cm³/mol. The lowest BCUT2D eigenvalue weighted by Crippen LogP contribution is -1.97. The SMILES string of the molecule is Nc1c[c]c2ccc(C(=O)O)cc2n1. The number of rotatable bonds is 1. The summed E-state index contributed by atoms with van der Waals surface area (Å²) in [5.41, 5.74) is 6.20. The lowest BCUT2D eigenvalue weighted by atomic mass is 10.1. The lowest BCUT2D eigenvalue weighted by molar-refractivity contribution is 0.0697. The number of carboxylic acids is 1. The fourth-order valence-corrected chi connectivity index (χ4v) is 1.20. The van der Waals surface area contributed by atoms with Gasteiger partial charge in [0.2, 0.25) is 0 Å². The van der Waals surface area contributed by atoms with Crippen molar-refractivity contribution in [1.29, 1.82) is 0 Å². The second-order valence-electron chi connectivity index (χ2n) is 2.86. The summed E-state index contributed by atoms with van der Waals surface area (Å²) in [7, 11) is 0. The van der Waals surface area contributed by atoms with E-state index in [1.165, 1.54) is 12.1 Å². The minimum Gasteiger partial charge on any atom is -0.478 e. The molecule has 1 aromatic carbocycles. The van der Waals surface area contributed by atoms with Crippen molar-refractivity contribution in [3.63, 3.8) is 0 Å². The number of benzene rings is 1. The number of nitrogen functional groups attached to an aromatic ring is 1. The molecule has 14 heavy (non-hydrogen) atoms. The van der Waals surface area contributed by atoms with Gasteiger partial charge in [-0.3, -0.25) is 0 Å². The van der Waals surface area contributed by atoms with Gasteiger partial charge in [0, 0.05) is 5.39 Å². The number of nitrogens with two attached hydrogens (primary N) is 1. The molecule has 0 fully saturated rings. The van der Waals surface area contributed by atoms with E-state index in [-0.39, 0.29) is 5.56 Å². The Balaban J connectivity index is 2.69. The molecule has 2 rings (SSSR count). The van der Waals surface area contributed by atoms with Gasteiger partial charge in [-0.1, -0.05) is 6.07 Å². The van der Waals surface area contributed by atoms with E-state index in [1.807, 2.05) is 0 Å². The summed E-state index contributed by atoms with van der Waals surface area (Å²) in [6, 6.07) is 9.11. The van der Waals surface area contributed by atoms with Crippen LogP contribution in [0, 0.1) is 6.07 Å². The van der Waals surface area contributed by atoms with Crippen LogP contribution in [0.5, 0.6) is 0 Å². The quantitative estimate of drug-likeness (QED) is 0.705. The van der Waals surface area contributed by atoms with Crippen molar-refractivity contribution in [2.45, 2.75) is 0 Å². The van der Waals surface area contributed by atoms with Gasteiger partial charge in [0.15, 0.2) is 0 Å². The first-order valence-corrected chi connectivity index (χ1v) is 3.98. The van der Waals surface area contributed by atoms with Crippen LogP contribution in [0.25, 0.3) is 10.9 Å². The fraction of sp³-hybridized carbons (Fsp3) is 0. The highest BCUT2D eigenvalue weighted by Crippen LogP contribution is 2.14. The zero-order valence-electron chi connectivity index (χ0n) is 7.19. The molecule has 0 amide bonds. The molecule has 1 aromatic heterocycles. The summed E-state index contributed by atoms with van der Waals surface area (Å²) in [4.78, 5) is 14.7. The highest BCUT2D eigenvalue weighted by atomic mass is 16.4. The number of nitrogens with zero attached hydrogens (tertiary/aromatic N) is 1. The van der Waals surface area contributed by atoms with Crippen LogP contribution < -0.4 is 5.73 Å². The van der Waals surface area contributed by atoms with E-state index in [4.69, 9.17) is 10.8 Å². The Labute approximate surface area is 80.0 Å². The van der Waals surface area contributed by atoms with E-state index < -0.39 is 5.97 Å². The van der Waals surface area contributed by atoms with Crippen molar-refractivity contribution in [1.82, 2.24) is 4.98 Å². The monoisotopic (exact) mass is 187 g/mol. The Bertz CT molecular complexity index is 508. The molecule has 0 spiro atoms. The van der Waals surface area contributed by atoms with Crippen molar-refractivity contribution in [3.8, 4) is 0 Å². The number of aromatic carboxylic acids is 1. The Morgan fingerprint density at radius 1 is 1.50 bits per heavy atom. The topological polar surface area (TPSA) is 76.2 Å². The minimum absolute atomic E-state index is 0.198. The third-order valence-corrected chi connectivity index (χ3v) is 1.87. The maximum Gasteiger partial charge on any atom is 0.335 e. The molecule has 0 atom stereocenters. The van der Waals surface area contributed by atoms with Gasteiger partial charge in [0.25, 0.3) is 0 Å². The third kappa shape index (κ3) is 1.37. The van der Waals surface area contributed by atoms with Crippen molar-refractivity contribution < 1.29 is 9.90 Å². The van der Waals surface area contributed by atoms with Gasteiger partial charge < -0.3 is 10.8 Å². The average Bonchev–Trinajstić information content (AvgIpc) is 2.16. The molecule has 0 saturated heterocycles. The number of carbonyl (C=O) groups is 1. The van der Waals surface area contributed by atoms with Crippen molar-refractivity contribution in [2.75, 3.05) is 5.73 Å². The van der Waals surface area contributed by atoms with E-state index in [1.54, 1.807) is 12.1 Å². The number of pyridine rings is 1. The molecule has 2 aromatic rings. The molecule has 0 aliphatic rings. The Kier molecular flexibility index (Phi) is 1.81. The van der Waals surface area contributed by atoms with Crippen LogP contribution in [0.4, 0.5) is 5.82 Å².